The molecule has 0 spiro atoms. The number of benzene rings is 2. The van der Waals surface area contributed by atoms with E-state index < -0.39 is 6.10 Å². The van der Waals surface area contributed by atoms with Crippen molar-refractivity contribution >= 4 is 10.8 Å². The van der Waals surface area contributed by atoms with E-state index in [9.17, 15) is 10.2 Å². The standard InChI is InChI=1S/C24H29N3O3/c1-26-11-19(10-25-26)24-9-22(8-16-4-2-3-5-23(16)24)30-15-21(29)14-27-12-17-6-20(28)7-18(17)13-27/h2-5,8-11,17-18,20-21,28-29H,6-7,12-15H2,1H3/t17-,18+,20?,21?. The second-order valence-electron chi connectivity index (χ2n) is 8.92. The topological polar surface area (TPSA) is 70.8 Å². The van der Waals surface area contributed by atoms with Gasteiger partial charge in [-0.2, -0.15) is 5.10 Å². The van der Waals surface area contributed by atoms with Crippen LogP contribution in [-0.2, 0) is 7.05 Å². The summed E-state index contributed by atoms with van der Waals surface area (Å²) >= 11 is 0. The van der Waals surface area contributed by atoms with Crippen LogP contribution in [0.5, 0.6) is 5.75 Å². The minimum absolute atomic E-state index is 0.127. The Kier molecular flexibility index (Phi) is 5.23. The van der Waals surface area contributed by atoms with Crippen molar-refractivity contribution in [1.29, 1.82) is 0 Å². The van der Waals surface area contributed by atoms with E-state index in [4.69, 9.17) is 4.74 Å². The van der Waals surface area contributed by atoms with Crippen molar-refractivity contribution in [3.05, 3.63) is 48.8 Å². The number of ether oxygens (including phenoxy) is 1. The molecule has 2 aromatic carbocycles. The summed E-state index contributed by atoms with van der Waals surface area (Å²) in [5.41, 5.74) is 2.13. The average molecular weight is 408 g/mol. The second kappa shape index (κ2) is 8.02. The third-order valence-corrected chi connectivity index (χ3v) is 6.56. The Morgan fingerprint density at radius 3 is 2.67 bits per heavy atom. The van der Waals surface area contributed by atoms with Crippen LogP contribution in [0.3, 0.4) is 0 Å². The highest BCUT2D eigenvalue weighted by Gasteiger charge is 2.40. The minimum Gasteiger partial charge on any atom is -0.491 e. The third kappa shape index (κ3) is 3.95. The minimum atomic E-state index is -0.540. The molecule has 0 bridgehead atoms. The summed E-state index contributed by atoms with van der Waals surface area (Å²) in [5, 5.41) is 26.9. The molecule has 2 heterocycles. The van der Waals surface area contributed by atoms with E-state index in [1.165, 1.54) is 0 Å². The van der Waals surface area contributed by atoms with Crippen LogP contribution >= 0.6 is 0 Å². The van der Waals surface area contributed by atoms with Gasteiger partial charge in [-0.3, -0.25) is 4.68 Å². The third-order valence-electron chi connectivity index (χ3n) is 6.56. The van der Waals surface area contributed by atoms with E-state index in [2.05, 4.69) is 22.1 Å². The Balaban J connectivity index is 1.26. The molecule has 1 aliphatic carbocycles. The number of nitrogens with zero attached hydrogens (tertiary/aromatic N) is 3. The molecule has 1 saturated carbocycles. The van der Waals surface area contributed by atoms with Crippen molar-refractivity contribution in [3.8, 4) is 16.9 Å². The van der Waals surface area contributed by atoms with Crippen molar-refractivity contribution < 1.29 is 14.9 Å². The normalized spacial score (nSPS) is 25.0. The van der Waals surface area contributed by atoms with E-state index in [1.54, 1.807) is 4.68 Å². The summed E-state index contributed by atoms with van der Waals surface area (Å²) in [4.78, 5) is 2.32. The highest BCUT2D eigenvalue weighted by atomic mass is 16.5. The van der Waals surface area contributed by atoms with Gasteiger partial charge in [0.2, 0.25) is 0 Å². The number of fused-ring (bicyclic) bond motifs is 2. The lowest BCUT2D eigenvalue weighted by atomic mass is 10.00. The number of hydrogen-bond acceptors (Lipinski definition) is 5. The highest BCUT2D eigenvalue weighted by Crippen LogP contribution is 2.38. The molecule has 4 atom stereocenters. The van der Waals surface area contributed by atoms with Gasteiger partial charge in [-0.1, -0.05) is 24.3 Å². The van der Waals surface area contributed by atoms with Crippen molar-refractivity contribution in [2.75, 3.05) is 26.2 Å². The highest BCUT2D eigenvalue weighted by molar-refractivity contribution is 5.97. The van der Waals surface area contributed by atoms with Crippen LogP contribution in [-0.4, -0.2) is 63.3 Å². The number of likely N-dealkylation sites (tertiary alicyclic amines) is 1. The molecule has 30 heavy (non-hydrogen) atoms. The van der Waals surface area contributed by atoms with Crippen molar-refractivity contribution in [2.24, 2.45) is 18.9 Å². The van der Waals surface area contributed by atoms with Crippen molar-refractivity contribution in [1.82, 2.24) is 14.7 Å². The number of hydrogen-bond donors (Lipinski definition) is 2. The Bertz CT molecular complexity index is 1020. The van der Waals surface area contributed by atoms with E-state index >= 15 is 0 Å². The van der Waals surface area contributed by atoms with Crippen LogP contribution in [0.25, 0.3) is 21.9 Å². The zero-order valence-corrected chi connectivity index (χ0v) is 17.3. The lowest BCUT2D eigenvalue weighted by Crippen LogP contribution is -2.35. The van der Waals surface area contributed by atoms with Gasteiger partial charge in [0, 0.05) is 38.4 Å². The van der Waals surface area contributed by atoms with Crippen LogP contribution in [0.15, 0.2) is 48.8 Å². The van der Waals surface area contributed by atoms with Gasteiger partial charge in [-0.25, -0.2) is 0 Å². The molecule has 6 heteroatoms. The molecule has 158 valence electrons. The largest absolute Gasteiger partial charge is 0.491 e. The Morgan fingerprint density at radius 1 is 1.17 bits per heavy atom. The van der Waals surface area contributed by atoms with E-state index in [-0.39, 0.29) is 12.7 Å². The van der Waals surface area contributed by atoms with Crippen LogP contribution in [0.4, 0.5) is 0 Å². The van der Waals surface area contributed by atoms with Gasteiger partial charge in [-0.15, -0.1) is 0 Å². The maximum Gasteiger partial charge on any atom is 0.120 e. The Labute approximate surface area is 176 Å². The first-order valence-electron chi connectivity index (χ1n) is 10.8. The smallest absolute Gasteiger partial charge is 0.120 e. The maximum absolute atomic E-state index is 10.6. The molecule has 1 aliphatic heterocycles. The molecule has 3 aromatic rings. The van der Waals surface area contributed by atoms with Crippen LogP contribution in [0.2, 0.25) is 0 Å². The average Bonchev–Trinajstić information content (AvgIpc) is 3.40. The predicted octanol–water partition coefficient (Wildman–Crippen LogP) is 2.68. The number of β-amino-alcohol motifs (C(OH)–C–C–N with tert-alkyl or cyclic N) is 1. The van der Waals surface area contributed by atoms with Crippen LogP contribution < -0.4 is 4.74 Å². The molecule has 0 radical (unpaired) electrons. The maximum atomic E-state index is 10.6. The van der Waals surface area contributed by atoms with Crippen molar-refractivity contribution in [3.63, 3.8) is 0 Å². The van der Waals surface area contributed by atoms with Crippen molar-refractivity contribution in [2.45, 2.75) is 25.0 Å². The van der Waals surface area contributed by atoms with E-state index in [0.29, 0.717) is 18.4 Å². The number of aryl methyl sites for hydroxylation is 1. The molecule has 1 saturated heterocycles. The van der Waals surface area contributed by atoms with Crippen LogP contribution in [0.1, 0.15) is 12.8 Å². The quantitative estimate of drug-likeness (QED) is 0.658. The summed E-state index contributed by atoms with van der Waals surface area (Å²) in [5.74, 6) is 1.92. The number of aliphatic hydroxyl groups is 2. The van der Waals surface area contributed by atoms with Gasteiger partial charge in [0.1, 0.15) is 18.5 Å². The van der Waals surface area contributed by atoms with Gasteiger partial charge in [0.15, 0.2) is 0 Å². The fourth-order valence-corrected chi connectivity index (χ4v) is 5.22. The monoisotopic (exact) mass is 407 g/mol. The lowest BCUT2D eigenvalue weighted by molar-refractivity contribution is 0.0708. The predicted molar refractivity (Wildman–Crippen MR) is 116 cm³/mol. The molecule has 1 aromatic heterocycles. The first-order valence-corrected chi connectivity index (χ1v) is 10.8. The molecule has 2 N–H and O–H groups in total. The number of aromatic nitrogens is 2. The van der Waals surface area contributed by atoms with Gasteiger partial charge in [0.05, 0.1) is 12.3 Å². The summed E-state index contributed by atoms with van der Waals surface area (Å²) in [6, 6.07) is 12.3. The van der Waals surface area contributed by atoms with Crippen LogP contribution in [0, 0.1) is 11.8 Å². The Morgan fingerprint density at radius 2 is 1.93 bits per heavy atom. The second-order valence-corrected chi connectivity index (χ2v) is 8.92. The molecule has 0 amide bonds. The van der Waals surface area contributed by atoms with Gasteiger partial charge in [0.25, 0.3) is 0 Å². The van der Waals surface area contributed by atoms with E-state index in [1.807, 2.05) is 43.7 Å². The zero-order valence-electron chi connectivity index (χ0n) is 17.3. The van der Waals surface area contributed by atoms with Gasteiger partial charge >= 0.3 is 0 Å². The van der Waals surface area contributed by atoms with Gasteiger partial charge < -0.3 is 19.8 Å². The first kappa shape index (κ1) is 19.5. The summed E-state index contributed by atoms with van der Waals surface area (Å²) < 4.78 is 7.82. The Hall–Kier alpha value is -2.41. The summed E-state index contributed by atoms with van der Waals surface area (Å²) in [6.45, 7) is 2.82. The molecular weight excluding hydrogens is 378 g/mol. The zero-order chi connectivity index (χ0) is 20.7. The number of rotatable bonds is 6. The first-order chi connectivity index (χ1) is 14.5. The molecule has 2 unspecified atom stereocenters. The van der Waals surface area contributed by atoms with Gasteiger partial charge in [-0.05, 0) is 53.1 Å². The molecule has 6 nitrogen and oxygen atoms in total. The lowest BCUT2D eigenvalue weighted by Gasteiger charge is -2.21. The molecule has 2 fully saturated rings. The number of aliphatic hydroxyl groups excluding tert-OH is 2. The fourth-order valence-electron chi connectivity index (χ4n) is 5.22. The summed E-state index contributed by atoms with van der Waals surface area (Å²) in [6.07, 6.45) is 5.01. The molecular formula is C24H29N3O3. The fraction of sp³-hybridized carbons (Fsp3) is 0.458. The molecule has 2 aliphatic rings. The SMILES string of the molecule is Cn1cc(-c2cc(OCC(O)CN3C[C@H]4CC(O)C[C@H]4C3)cc3ccccc23)cn1. The summed E-state index contributed by atoms with van der Waals surface area (Å²) in [7, 11) is 1.91. The molecule has 5 rings (SSSR count). The van der Waals surface area contributed by atoms with E-state index in [0.717, 1.165) is 53.6 Å².